The van der Waals surface area contributed by atoms with E-state index in [2.05, 4.69) is 204 Å². The fourth-order valence-electron chi connectivity index (χ4n) is 10.0. The third-order valence-electron chi connectivity index (χ3n) is 12.7. The topological polar surface area (TPSA) is 19.6 Å². The Morgan fingerprint density at radius 3 is 2.38 bits per heavy atom. The molecule has 0 saturated heterocycles. The van der Waals surface area contributed by atoms with Crippen LogP contribution in [0.2, 0.25) is 0 Å². The zero-order valence-corrected chi connectivity index (χ0v) is 32.7. The molecule has 278 valence electrons. The Labute approximate surface area is 343 Å². The molecular formula is C54H40N2OS. The van der Waals surface area contributed by atoms with E-state index in [-0.39, 0.29) is 12.0 Å². The summed E-state index contributed by atoms with van der Waals surface area (Å²) in [5.74, 6) is 0.626. The first-order valence-corrected chi connectivity index (χ1v) is 21.3. The number of benzene rings is 6. The number of para-hydroxylation sites is 4. The summed E-state index contributed by atoms with van der Waals surface area (Å²) < 4.78 is 6.72. The predicted octanol–water partition coefficient (Wildman–Crippen LogP) is 14.5. The third-order valence-corrected chi connectivity index (χ3v) is 14.1. The molecule has 3 heterocycles. The van der Waals surface area contributed by atoms with E-state index in [1.807, 2.05) is 11.8 Å². The minimum absolute atomic E-state index is 0.109. The van der Waals surface area contributed by atoms with Crippen molar-refractivity contribution in [3.63, 3.8) is 0 Å². The van der Waals surface area contributed by atoms with Crippen LogP contribution in [0.15, 0.2) is 220 Å². The molecule has 3 unspecified atom stereocenters. The first kappa shape index (κ1) is 33.6. The maximum atomic E-state index is 6.72. The predicted molar refractivity (Wildman–Crippen MR) is 243 cm³/mol. The monoisotopic (exact) mass is 764 g/mol. The van der Waals surface area contributed by atoms with E-state index in [1.54, 1.807) is 0 Å². The first-order valence-electron chi connectivity index (χ1n) is 20.5. The number of allylic oxidation sites excluding steroid dienone is 8. The van der Waals surface area contributed by atoms with E-state index < -0.39 is 0 Å². The normalized spacial score (nSPS) is 21.3. The second-order valence-corrected chi connectivity index (χ2v) is 17.0. The summed E-state index contributed by atoms with van der Waals surface area (Å²) in [6, 6.07) is 50.9. The maximum absolute atomic E-state index is 6.72. The van der Waals surface area contributed by atoms with E-state index in [1.165, 1.54) is 49.7 Å². The number of rotatable bonds is 6. The largest absolute Gasteiger partial charge is 0.454 e. The van der Waals surface area contributed by atoms with Crippen LogP contribution in [0.1, 0.15) is 35.8 Å². The highest BCUT2D eigenvalue weighted by Crippen LogP contribution is 2.56. The number of fused-ring (bicyclic) bond motifs is 9. The van der Waals surface area contributed by atoms with Gasteiger partial charge in [0.15, 0.2) is 5.58 Å². The molecule has 0 spiro atoms. The van der Waals surface area contributed by atoms with Crippen molar-refractivity contribution in [1.29, 1.82) is 0 Å². The number of anilines is 4. The zero-order chi connectivity index (χ0) is 38.2. The fourth-order valence-corrected chi connectivity index (χ4v) is 11.7. The zero-order valence-electron chi connectivity index (χ0n) is 31.9. The van der Waals surface area contributed by atoms with Crippen molar-refractivity contribution < 1.29 is 4.42 Å². The maximum Gasteiger partial charge on any atom is 0.159 e. The summed E-state index contributed by atoms with van der Waals surface area (Å²) in [4.78, 5) is 6.32. The van der Waals surface area contributed by atoms with E-state index >= 15 is 0 Å². The summed E-state index contributed by atoms with van der Waals surface area (Å²) in [6.45, 7) is 0. The lowest BCUT2D eigenvalue weighted by Gasteiger charge is -2.34. The van der Waals surface area contributed by atoms with Crippen LogP contribution in [0.3, 0.4) is 0 Å². The van der Waals surface area contributed by atoms with Crippen LogP contribution in [0.5, 0.6) is 0 Å². The van der Waals surface area contributed by atoms with Gasteiger partial charge in [0.2, 0.25) is 0 Å². The molecule has 2 aliphatic heterocycles. The third kappa shape index (κ3) is 5.28. The van der Waals surface area contributed by atoms with Crippen molar-refractivity contribution in [3.05, 3.63) is 222 Å². The highest BCUT2D eigenvalue weighted by atomic mass is 32.2. The summed E-state index contributed by atoms with van der Waals surface area (Å²) in [7, 11) is 0. The highest BCUT2D eigenvalue weighted by Gasteiger charge is 2.40. The Balaban J connectivity index is 0.968. The minimum Gasteiger partial charge on any atom is -0.454 e. The van der Waals surface area contributed by atoms with Gasteiger partial charge in [0, 0.05) is 55.5 Å². The van der Waals surface area contributed by atoms with Gasteiger partial charge in [-0.2, -0.15) is 0 Å². The van der Waals surface area contributed by atoms with Crippen LogP contribution in [-0.2, 0) is 0 Å². The van der Waals surface area contributed by atoms with Gasteiger partial charge in [-0.1, -0.05) is 140 Å². The van der Waals surface area contributed by atoms with E-state index in [9.17, 15) is 0 Å². The molecule has 0 bridgehead atoms. The van der Waals surface area contributed by atoms with Gasteiger partial charge in [-0.3, -0.25) is 0 Å². The number of furan rings is 1. The second kappa shape index (κ2) is 13.6. The Morgan fingerprint density at radius 1 is 0.672 bits per heavy atom. The lowest BCUT2D eigenvalue weighted by Crippen LogP contribution is -2.31. The van der Waals surface area contributed by atoms with E-state index in [0.29, 0.717) is 11.2 Å². The summed E-state index contributed by atoms with van der Waals surface area (Å²) >= 11 is 2.05. The first-order chi connectivity index (χ1) is 28.8. The van der Waals surface area contributed by atoms with Crippen molar-refractivity contribution >= 4 is 56.4 Å². The van der Waals surface area contributed by atoms with Crippen LogP contribution in [-0.4, -0.2) is 11.3 Å². The molecule has 4 atom stereocenters. The molecule has 4 heteroatoms. The van der Waals surface area contributed by atoms with Crippen molar-refractivity contribution in [2.24, 2.45) is 0 Å². The lowest BCUT2D eigenvalue weighted by atomic mass is 9.82. The standard InChI is InChI=1S/C54H40N2OS/c1-3-14-35(15-4-1)40-20-11-23-46-47-24-12-21-41(54(47)58-53(40)46)36-28-30-38(31-29-36)55(49-26-13-22-45-44-19-8-10-27-51(44)57-52(45)49)39-32-33-43-42-18-7-9-25-48(42)56(50(43)34-39)37-16-5-2-6-17-37/h1-3,5-14,16-34,43,46,50,53H,4,15H2/t43-,46?,50?,53?/m1/s1. The molecule has 0 radical (unpaired) electrons. The van der Waals surface area contributed by atoms with Crippen LogP contribution in [0.25, 0.3) is 33.1 Å². The molecule has 0 saturated carbocycles. The van der Waals surface area contributed by atoms with Crippen LogP contribution < -0.4 is 9.80 Å². The molecule has 3 aliphatic carbocycles. The van der Waals surface area contributed by atoms with Gasteiger partial charge < -0.3 is 14.2 Å². The molecule has 58 heavy (non-hydrogen) atoms. The molecule has 0 amide bonds. The van der Waals surface area contributed by atoms with E-state index in [0.717, 1.165) is 51.9 Å². The molecular weight excluding hydrogens is 725 g/mol. The molecule has 5 aliphatic rings. The summed E-state index contributed by atoms with van der Waals surface area (Å²) in [6.07, 6.45) is 23.3. The number of hydrogen-bond acceptors (Lipinski definition) is 4. The molecule has 7 aromatic rings. The van der Waals surface area contributed by atoms with Crippen molar-refractivity contribution in [2.45, 2.75) is 40.9 Å². The quantitative estimate of drug-likeness (QED) is 0.168. The van der Waals surface area contributed by atoms with Gasteiger partial charge in [-0.25, -0.2) is 0 Å². The molecule has 0 N–H and O–H groups in total. The molecule has 1 aromatic heterocycles. The average molecular weight is 765 g/mol. The second-order valence-electron chi connectivity index (χ2n) is 15.8. The van der Waals surface area contributed by atoms with Crippen molar-refractivity contribution in [2.75, 3.05) is 9.80 Å². The van der Waals surface area contributed by atoms with Gasteiger partial charge in [0.1, 0.15) is 5.58 Å². The van der Waals surface area contributed by atoms with Crippen molar-refractivity contribution in [3.8, 4) is 11.1 Å². The molecule has 0 fully saturated rings. The van der Waals surface area contributed by atoms with Gasteiger partial charge in [-0.15, -0.1) is 11.8 Å². The van der Waals surface area contributed by atoms with Crippen LogP contribution in [0, 0.1) is 0 Å². The minimum atomic E-state index is 0.109. The van der Waals surface area contributed by atoms with Gasteiger partial charge >= 0.3 is 0 Å². The SMILES string of the molecule is C1=CCCC(C2=CC=CC3c4cccc(-c5ccc(N(C6=CC7[C@H](C=C6)c6ccccc6N7c6ccccc6)c6cccc7c6oc6ccccc67)cc5)c4SC23)=C1. The smallest absolute Gasteiger partial charge is 0.159 e. The summed E-state index contributed by atoms with van der Waals surface area (Å²) in [5.41, 5.74) is 15.8. The Bertz CT molecular complexity index is 2960. The Kier molecular flexibility index (Phi) is 7.87. The lowest BCUT2D eigenvalue weighted by molar-refractivity contribution is 0.668. The van der Waals surface area contributed by atoms with Gasteiger partial charge in [0.05, 0.1) is 11.7 Å². The highest BCUT2D eigenvalue weighted by molar-refractivity contribution is 8.00. The number of thioether (sulfide) groups is 1. The van der Waals surface area contributed by atoms with E-state index in [4.69, 9.17) is 4.42 Å². The molecule has 12 rings (SSSR count). The Morgan fingerprint density at radius 2 is 1.48 bits per heavy atom. The van der Waals surface area contributed by atoms with Crippen LogP contribution >= 0.6 is 11.8 Å². The fraction of sp³-hybridized carbons (Fsp3) is 0.111. The number of hydrogen-bond donors (Lipinski definition) is 0. The van der Waals surface area contributed by atoms with Gasteiger partial charge in [-0.05, 0) is 101 Å². The Hall–Kier alpha value is -6.49. The van der Waals surface area contributed by atoms with Crippen molar-refractivity contribution in [1.82, 2.24) is 0 Å². The molecule has 6 aromatic carbocycles. The number of nitrogens with zero attached hydrogens (tertiary/aromatic N) is 2. The summed E-state index contributed by atoms with van der Waals surface area (Å²) in [5, 5.41) is 2.65. The molecule has 3 nitrogen and oxygen atoms in total. The van der Waals surface area contributed by atoms with Crippen LogP contribution in [0.4, 0.5) is 22.7 Å². The average Bonchev–Trinajstić information content (AvgIpc) is 3.97. The van der Waals surface area contributed by atoms with Gasteiger partial charge in [0.25, 0.3) is 0 Å².